The van der Waals surface area contributed by atoms with Gasteiger partial charge in [0.15, 0.2) is 11.9 Å². The Bertz CT molecular complexity index is 2010. The summed E-state index contributed by atoms with van der Waals surface area (Å²) in [6, 6.07) is 22.3. The van der Waals surface area contributed by atoms with Crippen molar-refractivity contribution in [3.8, 4) is 0 Å². The van der Waals surface area contributed by atoms with Gasteiger partial charge >= 0.3 is 0 Å². The molecular weight excluding hydrogens is 715 g/mol. The molecular formula is C40H49N11O5. The van der Waals surface area contributed by atoms with Gasteiger partial charge in [0.2, 0.25) is 29.5 Å². The molecule has 56 heavy (non-hydrogen) atoms. The van der Waals surface area contributed by atoms with E-state index in [9.17, 15) is 24.0 Å². The summed E-state index contributed by atoms with van der Waals surface area (Å²) < 4.78 is 0. The Morgan fingerprint density at radius 3 is 1.39 bits per heavy atom. The van der Waals surface area contributed by atoms with Crippen molar-refractivity contribution in [2.24, 2.45) is 32.9 Å². The molecule has 0 radical (unpaired) electrons. The van der Waals surface area contributed by atoms with Gasteiger partial charge in [-0.2, -0.15) is 0 Å². The van der Waals surface area contributed by atoms with Crippen molar-refractivity contribution in [3.05, 3.63) is 96.1 Å². The number of guanidine groups is 2. The van der Waals surface area contributed by atoms with Crippen LogP contribution in [0.15, 0.2) is 94.9 Å². The van der Waals surface area contributed by atoms with Crippen molar-refractivity contribution < 1.29 is 24.0 Å². The largest absolute Gasteiger partial charge is 0.370 e. The quantitative estimate of drug-likeness (QED) is 0.0531. The average molecular weight is 764 g/mol. The van der Waals surface area contributed by atoms with Crippen molar-refractivity contribution in [1.82, 2.24) is 26.6 Å². The Hall–Kier alpha value is -6.71. The average Bonchev–Trinajstić information content (AvgIpc) is 3.18. The van der Waals surface area contributed by atoms with Crippen molar-refractivity contribution in [2.75, 3.05) is 19.6 Å². The first-order valence-electron chi connectivity index (χ1n) is 18.5. The van der Waals surface area contributed by atoms with Crippen LogP contribution in [0.1, 0.15) is 36.8 Å². The van der Waals surface area contributed by atoms with Gasteiger partial charge in [-0.05, 0) is 58.4 Å². The maximum Gasteiger partial charge on any atom is 0.243 e. The number of nitrogens with zero attached hydrogens (tertiary/aromatic N) is 2. The zero-order valence-electron chi connectivity index (χ0n) is 31.0. The van der Waals surface area contributed by atoms with Gasteiger partial charge in [0, 0.05) is 25.9 Å². The molecule has 16 nitrogen and oxygen atoms in total. The maximum absolute atomic E-state index is 14.0. The van der Waals surface area contributed by atoms with E-state index in [1.807, 2.05) is 84.9 Å². The van der Waals surface area contributed by atoms with Crippen molar-refractivity contribution >= 4 is 63.0 Å². The minimum absolute atomic E-state index is 0.0801. The van der Waals surface area contributed by atoms with Crippen LogP contribution in [-0.2, 0) is 36.8 Å². The van der Waals surface area contributed by atoms with Gasteiger partial charge in [-0.15, -0.1) is 0 Å². The van der Waals surface area contributed by atoms with E-state index >= 15 is 0 Å². The second-order valence-corrected chi connectivity index (χ2v) is 13.7. The number of aliphatic imine (C=N–C) groups is 2. The molecule has 0 aliphatic carbocycles. The van der Waals surface area contributed by atoms with Crippen LogP contribution in [0.25, 0.3) is 21.5 Å². The molecule has 0 bridgehead atoms. The predicted octanol–water partition coefficient (Wildman–Crippen LogP) is -0.0456. The first kappa shape index (κ1) is 40.5. The fourth-order valence-corrected chi connectivity index (χ4v) is 6.52. The van der Waals surface area contributed by atoms with E-state index in [0.29, 0.717) is 12.8 Å². The number of benzene rings is 4. The lowest BCUT2D eigenvalue weighted by molar-refractivity contribution is -0.134. The molecule has 1 fully saturated rings. The third-order valence-electron chi connectivity index (χ3n) is 9.37. The minimum atomic E-state index is -1.15. The van der Waals surface area contributed by atoms with Gasteiger partial charge in [0.05, 0.1) is 6.54 Å². The molecule has 4 atom stereocenters. The van der Waals surface area contributed by atoms with Crippen LogP contribution in [0.2, 0.25) is 0 Å². The van der Waals surface area contributed by atoms with Crippen LogP contribution in [0, 0.1) is 0 Å². The summed E-state index contributed by atoms with van der Waals surface area (Å²) in [7, 11) is 0. The summed E-state index contributed by atoms with van der Waals surface area (Å²) in [5.74, 6) is -3.48. The molecule has 1 aliphatic heterocycles. The lowest BCUT2D eigenvalue weighted by Crippen LogP contribution is -2.58. The molecule has 0 aromatic heterocycles. The van der Waals surface area contributed by atoms with Gasteiger partial charge in [0.25, 0.3) is 0 Å². The van der Waals surface area contributed by atoms with Crippen LogP contribution in [0.5, 0.6) is 0 Å². The summed E-state index contributed by atoms with van der Waals surface area (Å²) in [4.78, 5) is 77.2. The van der Waals surface area contributed by atoms with E-state index in [-0.39, 0.29) is 50.7 Å². The van der Waals surface area contributed by atoms with E-state index in [1.165, 1.54) is 0 Å². The number of nitrogens with two attached hydrogens (primary N) is 4. The summed E-state index contributed by atoms with van der Waals surface area (Å²) >= 11 is 0. The van der Waals surface area contributed by atoms with Crippen LogP contribution in [-0.4, -0.2) is 85.3 Å². The molecule has 4 aromatic rings. The third kappa shape index (κ3) is 11.9. The Balaban J connectivity index is 1.47. The van der Waals surface area contributed by atoms with Gasteiger partial charge < -0.3 is 49.5 Å². The van der Waals surface area contributed by atoms with Gasteiger partial charge in [-0.1, -0.05) is 84.9 Å². The molecule has 1 heterocycles. The Morgan fingerprint density at radius 1 is 0.518 bits per heavy atom. The van der Waals surface area contributed by atoms with E-state index < -0.39 is 60.2 Å². The molecule has 13 N–H and O–H groups in total. The van der Waals surface area contributed by atoms with Crippen LogP contribution in [0.4, 0.5) is 0 Å². The number of fused-ring (bicyclic) bond motifs is 2. The van der Waals surface area contributed by atoms with Crippen LogP contribution < -0.4 is 49.5 Å². The number of hydrogen-bond donors (Lipinski definition) is 9. The number of hydrogen-bond acceptors (Lipinski definition) is 7. The van der Waals surface area contributed by atoms with Crippen LogP contribution in [0.3, 0.4) is 0 Å². The number of nitrogens with one attached hydrogen (secondary N) is 5. The number of carbonyl (C=O) groups is 5. The summed E-state index contributed by atoms with van der Waals surface area (Å²) in [5.41, 5.74) is 23.5. The van der Waals surface area contributed by atoms with E-state index in [2.05, 4.69) is 36.6 Å². The fraction of sp³-hybridized carbons (Fsp3) is 0.325. The van der Waals surface area contributed by atoms with Crippen molar-refractivity contribution in [3.63, 3.8) is 0 Å². The summed E-state index contributed by atoms with van der Waals surface area (Å²) in [6.45, 7) is -0.136. The molecule has 0 saturated carbocycles. The minimum Gasteiger partial charge on any atom is -0.370 e. The van der Waals surface area contributed by atoms with Gasteiger partial charge in [-0.3, -0.25) is 34.0 Å². The molecule has 294 valence electrons. The van der Waals surface area contributed by atoms with Crippen molar-refractivity contribution in [1.29, 1.82) is 0 Å². The zero-order valence-corrected chi connectivity index (χ0v) is 31.0. The van der Waals surface area contributed by atoms with Crippen LogP contribution >= 0.6 is 0 Å². The number of amides is 5. The van der Waals surface area contributed by atoms with E-state index in [4.69, 9.17) is 22.9 Å². The van der Waals surface area contributed by atoms with E-state index in [0.717, 1.165) is 32.7 Å². The SMILES string of the molecule is NC(N)=NCCC[C@@H]1NC(=O)[C@H](CCCN=C(N)N)NC(=O)[C@@H](Cc2ccc3ccccc3c2)NC(=O)CNC(=O)[C@H](Cc2ccc3ccccc3c2)NC1=O. The predicted molar refractivity (Wildman–Crippen MR) is 216 cm³/mol. The molecule has 1 saturated heterocycles. The van der Waals surface area contributed by atoms with Crippen molar-refractivity contribution in [2.45, 2.75) is 62.7 Å². The monoisotopic (exact) mass is 763 g/mol. The second-order valence-electron chi connectivity index (χ2n) is 13.7. The summed E-state index contributed by atoms with van der Waals surface area (Å²) in [6.07, 6.45) is 0.945. The fourth-order valence-electron chi connectivity index (χ4n) is 6.52. The molecule has 1 aliphatic rings. The second kappa shape index (κ2) is 19.6. The third-order valence-corrected chi connectivity index (χ3v) is 9.37. The highest BCUT2D eigenvalue weighted by Crippen LogP contribution is 2.19. The maximum atomic E-state index is 14.0. The molecule has 5 amide bonds. The Labute approximate surface area is 324 Å². The highest BCUT2D eigenvalue weighted by Gasteiger charge is 2.32. The highest BCUT2D eigenvalue weighted by molar-refractivity contribution is 5.97. The normalized spacial score (nSPS) is 19.7. The number of rotatable bonds is 12. The van der Waals surface area contributed by atoms with Gasteiger partial charge in [0.1, 0.15) is 24.2 Å². The Morgan fingerprint density at radius 2 is 0.929 bits per heavy atom. The molecule has 0 spiro atoms. The first-order chi connectivity index (χ1) is 26.9. The lowest BCUT2D eigenvalue weighted by Gasteiger charge is -2.26. The Kier molecular flexibility index (Phi) is 14.1. The molecule has 4 aromatic carbocycles. The zero-order chi connectivity index (χ0) is 40.0. The number of carbonyl (C=O) groups excluding carboxylic acids is 5. The molecule has 5 rings (SSSR count). The molecule has 0 unspecified atom stereocenters. The highest BCUT2D eigenvalue weighted by atomic mass is 16.2. The van der Waals surface area contributed by atoms with Gasteiger partial charge in [-0.25, -0.2) is 0 Å². The molecule has 16 heteroatoms. The smallest absolute Gasteiger partial charge is 0.243 e. The summed E-state index contributed by atoms with van der Waals surface area (Å²) in [5, 5.41) is 17.6. The standard InChI is InChI=1S/C40H49N11O5/c41-39(42)45-17-5-11-30-36(54)49-31(12-6-18-46-40(43)44)37(55)51-32(21-24-13-15-26-7-1-3-9-28(26)19-24)35(53)47-23-34(52)48-33(38(56)50-30)22-25-14-16-27-8-2-4-10-29(27)20-25/h1-4,7-10,13-16,19-20,30-33H,5-6,11-12,17-18,21-23H2,(H,47,53)(H,48,52)(H,49,54)(H,50,56)(H,51,55)(H4,41,42,45)(H4,43,44,46)/t30-,31-,32-,33+/m0/s1. The van der Waals surface area contributed by atoms with E-state index in [1.54, 1.807) is 0 Å². The first-order valence-corrected chi connectivity index (χ1v) is 18.5. The topological polar surface area (TPSA) is 274 Å². The lowest BCUT2D eigenvalue weighted by atomic mass is 10.00.